The van der Waals surface area contributed by atoms with Crippen LogP contribution in [0.1, 0.15) is 55.5 Å². The molecule has 146 valence electrons. The van der Waals surface area contributed by atoms with Gasteiger partial charge >= 0.3 is 0 Å². The molecule has 1 heterocycles. The molecule has 1 aromatic rings. The Hall–Kier alpha value is -2.37. The number of hydrogen-bond donors (Lipinski definition) is 2. The average Bonchev–Trinajstić information content (AvgIpc) is 2.99. The summed E-state index contributed by atoms with van der Waals surface area (Å²) in [4.78, 5) is 25.3. The van der Waals surface area contributed by atoms with E-state index in [0.29, 0.717) is 30.5 Å². The first-order chi connectivity index (χ1) is 12.8. The molecule has 1 aromatic carbocycles. The number of aromatic hydroxyl groups is 1. The normalized spacial score (nSPS) is 23.1. The molecule has 1 atom stereocenters. The smallest absolute Gasteiger partial charge is 0.261 e. The van der Waals surface area contributed by atoms with Crippen LogP contribution >= 0.6 is 0 Å². The molecule has 0 radical (unpaired) electrons. The molecule has 5 nitrogen and oxygen atoms in total. The number of benzene rings is 1. The monoisotopic (exact) mass is 374 g/mol. The maximum atomic E-state index is 14.1. The van der Waals surface area contributed by atoms with E-state index in [1.165, 1.54) is 13.0 Å². The molecule has 2 amide bonds. The highest BCUT2D eigenvalue weighted by Gasteiger charge is 2.36. The van der Waals surface area contributed by atoms with Gasteiger partial charge in [-0.3, -0.25) is 9.59 Å². The molecule has 0 bridgehead atoms. The van der Waals surface area contributed by atoms with Crippen LogP contribution in [0.25, 0.3) is 0 Å². The number of allylic oxidation sites excluding steroid dienone is 1. The summed E-state index contributed by atoms with van der Waals surface area (Å²) in [6.07, 6.45) is 3.91. The highest BCUT2D eigenvalue weighted by molar-refractivity contribution is 6.00. The fourth-order valence-electron chi connectivity index (χ4n) is 4.29. The lowest BCUT2D eigenvalue weighted by atomic mass is 9.75. The molecule has 0 spiro atoms. The molecule has 0 aromatic heterocycles. The average molecular weight is 374 g/mol. The van der Waals surface area contributed by atoms with E-state index in [1.54, 1.807) is 11.0 Å². The van der Waals surface area contributed by atoms with Crippen molar-refractivity contribution in [2.24, 2.45) is 17.8 Å². The number of phenolic OH excluding ortho intramolecular Hbond substituents is 1. The Bertz CT molecular complexity index is 769. The molecule has 1 fully saturated rings. The Morgan fingerprint density at radius 3 is 2.67 bits per heavy atom. The van der Waals surface area contributed by atoms with Gasteiger partial charge in [0, 0.05) is 19.2 Å². The number of halogens is 1. The maximum Gasteiger partial charge on any atom is 0.261 e. The van der Waals surface area contributed by atoms with Crippen LogP contribution in [0.4, 0.5) is 4.39 Å². The molecule has 1 unspecified atom stereocenters. The van der Waals surface area contributed by atoms with Crippen LogP contribution in [-0.4, -0.2) is 28.4 Å². The fraction of sp³-hybridized carbons (Fsp3) is 0.524. The van der Waals surface area contributed by atoms with Crippen molar-refractivity contribution in [3.63, 3.8) is 0 Å². The summed E-state index contributed by atoms with van der Waals surface area (Å²) < 4.78 is 14.1. The number of amides is 2. The van der Waals surface area contributed by atoms with Crippen molar-refractivity contribution in [2.75, 3.05) is 6.54 Å². The first-order valence-electron chi connectivity index (χ1n) is 9.55. The summed E-state index contributed by atoms with van der Waals surface area (Å²) >= 11 is 0. The third kappa shape index (κ3) is 3.84. The third-order valence-electron chi connectivity index (χ3n) is 6.06. The van der Waals surface area contributed by atoms with Gasteiger partial charge in [0.2, 0.25) is 5.91 Å². The highest BCUT2D eigenvalue weighted by atomic mass is 19.1. The van der Waals surface area contributed by atoms with E-state index < -0.39 is 17.5 Å². The van der Waals surface area contributed by atoms with Crippen LogP contribution in [0.3, 0.4) is 0 Å². The van der Waals surface area contributed by atoms with Crippen LogP contribution in [0, 0.1) is 23.6 Å². The van der Waals surface area contributed by atoms with Crippen LogP contribution in [0.5, 0.6) is 5.75 Å². The number of nitrogens with zero attached hydrogens (tertiary/aromatic N) is 1. The zero-order valence-corrected chi connectivity index (χ0v) is 15.9. The van der Waals surface area contributed by atoms with E-state index in [2.05, 4.69) is 18.8 Å². The lowest BCUT2D eigenvalue weighted by molar-refractivity contribution is -0.119. The van der Waals surface area contributed by atoms with Gasteiger partial charge in [0.1, 0.15) is 0 Å². The Balaban J connectivity index is 1.60. The van der Waals surface area contributed by atoms with E-state index in [9.17, 15) is 19.1 Å². The molecule has 1 aliphatic heterocycles. The van der Waals surface area contributed by atoms with Crippen LogP contribution in [0.15, 0.2) is 24.4 Å². The first-order valence-corrected chi connectivity index (χ1v) is 9.55. The molecular formula is C21H27FN2O3. The predicted octanol–water partition coefficient (Wildman–Crippen LogP) is 3.58. The van der Waals surface area contributed by atoms with E-state index in [-0.39, 0.29) is 17.4 Å². The van der Waals surface area contributed by atoms with Crippen molar-refractivity contribution in [1.82, 2.24) is 10.2 Å². The minimum absolute atomic E-state index is 0.00528. The van der Waals surface area contributed by atoms with Gasteiger partial charge in [-0.15, -0.1) is 0 Å². The van der Waals surface area contributed by atoms with E-state index in [4.69, 9.17) is 0 Å². The summed E-state index contributed by atoms with van der Waals surface area (Å²) in [6.45, 7) is 8.82. The van der Waals surface area contributed by atoms with E-state index >= 15 is 0 Å². The van der Waals surface area contributed by atoms with Crippen molar-refractivity contribution in [1.29, 1.82) is 0 Å². The van der Waals surface area contributed by atoms with E-state index in [0.717, 1.165) is 31.4 Å². The van der Waals surface area contributed by atoms with Gasteiger partial charge in [-0.1, -0.05) is 19.6 Å². The quantitative estimate of drug-likeness (QED) is 0.828. The fourth-order valence-corrected chi connectivity index (χ4v) is 4.29. The number of nitrogens with one attached hydrogen (secondary N) is 1. The Morgan fingerprint density at radius 1 is 1.37 bits per heavy atom. The van der Waals surface area contributed by atoms with Crippen LogP contribution < -0.4 is 5.32 Å². The first kappa shape index (κ1) is 19.4. The highest BCUT2D eigenvalue weighted by Crippen LogP contribution is 2.40. The van der Waals surface area contributed by atoms with Crippen LogP contribution in [-0.2, 0) is 11.3 Å². The van der Waals surface area contributed by atoms with Gasteiger partial charge in [0.05, 0.1) is 12.1 Å². The van der Waals surface area contributed by atoms with Gasteiger partial charge in [-0.05, 0) is 55.1 Å². The summed E-state index contributed by atoms with van der Waals surface area (Å²) in [5.41, 5.74) is 1.30. The Morgan fingerprint density at radius 2 is 2.04 bits per heavy atom. The van der Waals surface area contributed by atoms with Crippen molar-refractivity contribution < 1.29 is 19.1 Å². The molecule has 2 N–H and O–H groups in total. The predicted molar refractivity (Wildman–Crippen MR) is 100 cm³/mol. The number of carbonyl (C=O) groups is 2. The maximum absolute atomic E-state index is 14.1. The molecule has 1 aliphatic carbocycles. The zero-order valence-electron chi connectivity index (χ0n) is 15.9. The third-order valence-corrected chi connectivity index (χ3v) is 6.06. The molecule has 27 heavy (non-hydrogen) atoms. The second-order valence-electron chi connectivity index (χ2n) is 7.84. The number of carbonyl (C=O) groups excluding carboxylic acids is 2. The SMILES string of the molecule is C=C(C1CCC(C(C)CNC(C)=O)CC1)N1Cc2ccc(O)c(F)c2C1=O. The number of fused-ring (bicyclic) bond motifs is 1. The van der Waals surface area contributed by atoms with Crippen LogP contribution in [0.2, 0.25) is 0 Å². The summed E-state index contributed by atoms with van der Waals surface area (Å²) in [5, 5.41) is 12.4. The largest absolute Gasteiger partial charge is 0.505 e. The molecule has 6 heteroatoms. The number of phenols is 1. The van der Waals surface area contributed by atoms with Gasteiger partial charge in [0.25, 0.3) is 5.91 Å². The second-order valence-corrected chi connectivity index (χ2v) is 7.84. The Labute approximate surface area is 159 Å². The number of hydrogen-bond acceptors (Lipinski definition) is 3. The van der Waals surface area contributed by atoms with Gasteiger partial charge in [-0.25, -0.2) is 4.39 Å². The standard InChI is InChI=1S/C21H27FN2O3/c1-12(10-23-14(3)25)15-4-6-16(7-5-15)13(2)24-11-17-8-9-18(26)20(22)19(17)21(24)27/h8-9,12,15-16,26H,2,4-7,10-11H2,1,3H3,(H,23,25). The van der Waals surface area contributed by atoms with Crippen molar-refractivity contribution in [2.45, 2.75) is 46.1 Å². The van der Waals surface area contributed by atoms with E-state index in [1.807, 2.05) is 0 Å². The summed E-state index contributed by atoms with van der Waals surface area (Å²) in [6, 6.07) is 2.88. The summed E-state index contributed by atoms with van der Waals surface area (Å²) in [5.74, 6) is -0.603. The van der Waals surface area contributed by atoms with Crippen molar-refractivity contribution in [3.05, 3.63) is 41.4 Å². The van der Waals surface area contributed by atoms with Crippen molar-refractivity contribution in [3.8, 4) is 5.75 Å². The molecule has 2 aliphatic rings. The molecule has 3 rings (SSSR count). The zero-order chi connectivity index (χ0) is 19.7. The van der Waals surface area contributed by atoms with Gasteiger partial charge in [-0.2, -0.15) is 0 Å². The lowest BCUT2D eigenvalue weighted by Crippen LogP contribution is -2.33. The minimum atomic E-state index is -0.844. The molecular weight excluding hydrogens is 347 g/mol. The summed E-state index contributed by atoms with van der Waals surface area (Å²) in [7, 11) is 0. The minimum Gasteiger partial charge on any atom is -0.505 e. The topological polar surface area (TPSA) is 69.6 Å². The molecule has 1 saturated carbocycles. The number of rotatable bonds is 5. The van der Waals surface area contributed by atoms with Gasteiger partial charge < -0.3 is 15.3 Å². The lowest BCUT2D eigenvalue weighted by Gasteiger charge is -2.35. The van der Waals surface area contributed by atoms with Gasteiger partial charge in [0.15, 0.2) is 11.6 Å². The second kappa shape index (κ2) is 7.71. The van der Waals surface area contributed by atoms with Crippen molar-refractivity contribution >= 4 is 11.8 Å². The molecule has 0 saturated heterocycles. The Kier molecular flexibility index (Phi) is 5.53.